The smallest absolute Gasteiger partial charge is 0.266 e. The predicted octanol–water partition coefficient (Wildman–Crippen LogP) is 1.69. The van der Waals surface area contributed by atoms with Crippen molar-refractivity contribution in [3.63, 3.8) is 0 Å². The van der Waals surface area contributed by atoms with Gasteiger partial charge in [0.05, 0.1) is 23.0 Å². The van der Waals surface area contributed by atoms with Crippen molar-refractivity contribution >= 4 is 56.0 Å². The molecule has 1 N–H and O–H groups in total. The number of thioether (sulfide) groups is 1. The molecular formula is C16H16N2O5S3. The van der Waals surface area contributed by atoms with Gasteiger partial charge in [-0.2, -0.15) is 0 Å². The molecule has 10 heteroatoms. The van der Waals surface area contributed by atoms with Crippen LogP contribution in [-0.4, -0.2) is 47.8 Å². The van der Waals surface area contributed by atoms with Crippen LogP contribution in [0.25, 0.3) is 6.08 Å². The van der Waals surface area contributed by atoms with Gasteiger partial charge in [0.15, 0.2) is 9.84 Å². The van der Waals surface area contributed by atoms with Crippen molar-refractivity contribution in [3.05, 3.63) is 40.5 Å². The number of nitrogens with one attached hydrogen (secondary N) is 1. The fraction of sp³-hybridized carbons (Fsp3) is 0.312. The van der Waals surface area contributed by atoms with E-state index in [9.17, 15) is 18.0 Å². The van der Waals surface area contributed by atoms with Gasteiger partial charge in [0, 0.05) is 24.4 Å². The van der Waals surface area contributed by atoms with E-state index in [0.29, 0.717) is 28.0 Å². The molecule has 7 nitrogen and oxygen atoms in total. The third kappa shape index (κ3) is 4.63. The topological polar surface area (TPSA) is 96.7 Å². The fourth-order valence-electron chi connectivity index (χ4n) is 2.54. The molecule has 0 aliphatic carbocycles. The average Bonchev–Trinajstić information content (AvgIpc) is 3.25. The van der Waals surface area contributed by atoms with Gasteiger partial charge in [0.1, 0.15) is 10.1 Å². The Morgan fingerprint density at radius 1 is 1.50 bits per heavy atom. The molecule has 2 aliphatic rings. The molecule has 3 rings (SSSR count). The minimum atomic E-state index is -3.20. The van der Waals surface area contributed by atoms with Gasteiger partial charge >= 0.3 is 0 Å². The molecule has 0 unspecified atom stereocenters. The summed E-state index contributed by atoms with van der Waals surface area (Å²) in [4.78, 5) is 26.3. The van der Waals surface area contributed by atoms with Crippen LogP contribution >= 0.6 is 24.0 Å². The molecule has 2 aliphatic heterocycles. The van der Waals surface area contributed by atoms with Crippen LogP contribution in [0.3, 0.4) is 0 Å². The number of carbonyl (C=O) groups is 2. The summed E-state index contributed by atoms with van der Waals surface area (Å²) in [5.74, 6) is 0.00441. The van der Waals surface area contributed by atoms with Crippen molar-refractivity contribution in [2.45, 2.75) is 18.9 Å². The summed E-state index contributed by atoms with van der Waals surface area (Å²) in [6, 6.07) is 2.99. The molecule has 0 radical (unpaired) electrons. The first-order valence-corrected chi connectivity index (χ1v) is 10.8. The third-order valence-electron chi connectivity index (χ3n) is 3.75. The first-order valence-electron chi connectivity index (χ1n) is 7.83. The molecule has 26 heavy (non-hydrogen) atoms. The third-order valence-corrected chi connectivity index (χ3v) is 6.53. The van der Waals surface area contributed by atoms with E-state index in [0.717, 1.165) is 5.41 Å². The Kier molecular flexibility index (Phi) is 5.64. The highest BCUT2D eigenvalue weighted by atomic mass is 32.2. The number of carbonyl (C=O) groups excluding carboxylic acids is 2. The quantitative estimate of drug-likeness (QED) is 0.561. The molecule has 3 heterocycles. The monoisotopic (exact) mass is 412 g/mol. The zero-order valence-corrected chi connectivity index (χ0v) is 16.0. The maximum atomic E-state index is 12.4. The van der Waals surface area contributed by atoms with Crippen molar-refractivity contribution in [2.24, 2.45) is 0 Å². The fourth-order valence-corrected chi connectivity index (χ4v) is 5.06. The van der Waals surface area contributed by atoms with E-state index in [-0.39, 0.29) is 24.0 Å². The molecule has 2 amide bonds. The Morgan fingerprint density at radius 3 is 2.96 bits per heavy atom. The molecule has 0 bridgehead atoms. The van der Waals surface area contributed by atoms with Crippen LogP contribution in [0.15, 0.2) is 39.2 Å². The van der Waals surface area contributed by atoms with Gasteiger partial charge in [-0.3, -0.25) is 14.5 Å². The molecule has 138 valence electrons. The molecule has 1 saturated heterocycles. The maximum absolute atomic E-state index is 12.4. The second kappa shape index (κ2) is 7.77. The number of amides is 2. The van der Waals surface area contributed by atoms with Crippen LogP contribution in [0, 0.1) is 0 Å². The van der Waals surface area contributed by atoms with Crippen molar-refractivity contribution < 1.29 is 22.4 Å². The number of hydrogen-bond donors (Lipinski definition) is 1. The Morgan fingerprint density at radius 2 is 2.31 bits per heavy atom. The molecule has 1 aromatic heterocycles. The largest absolute Gasteiger partial charge is 0.465 e. The van der Waals surface area contributed by atoms with Crippen molar-refractivity contribution in [1.82, 2.24) is 10.2 Å². The normalized spacial score (nSPS) is 23.2. The summed E-state index contributed by atoms with van der Waals surface area (Å²) in [5.41, 5.74) is 0. The highest BCUT2D eigenvalue weighted by Gasteiger charge is 2.32. The van der Waals surface area contributed by atoms with Gasteiger partial charge < -0.3 is 9.73 Å². The van der Waals surface area contributed by atoms with Gasteiger partial charge in [-0.25, -0.2) is 8.42 Å². The van der Waals surface area contributed by atoms with Crippen LogP contribution in [-0.2, 0) is 19.4 Å². The maximum Gasteiger partial charge on any atom is 0.266 e. The van der Waals surface area contributed by atoms with Crippen molar-refractivity contribution in [2.75, 3.05) is 12.3 Å². The Hall–Kier alpha value is -1.91. The van der Waals surface area contributed by atoms with Gasteiger partial charge in [0.25, 0.3) is 5.91 Å². The predicted molar refractivity (Wildman–Crippen MR) is 103 cm³/mol. The number of sulfone groups is 1. The van der Waals surface area contributed by atoms with Crippen LogP contribution in [0.5, 0.6) is 0 Å². The first kappa shape index (κ1) is 18.9. The van der Waals surface area contributed by atoms with Gasteiger partial charge in [-0.1, -0.05) is 24.0 Å². The molecule has 1 atom stereocenters. The molecule has 0 saturated carbocycles. The molecule has 0 spiro atoms. The summed E-state index contributed by atoms with van der Waals surface area (Å²) in [5, 5.41) is 3.77. The lowest BCUT2D eigenvalue weighted by Gasteiger charge is -2.15. The zero-order chi connectivity index (χ0) is 18.7. The molecular weight excluding hydrogens is 396 g/mol. The number of nitrogens with zero attached hydrogens (tertiary/aromatic N) is 1. The van der Waals surface area contributed by atoms with Crippen LogP contribution < -0.4 is 5.32 Å². The number of rotatable bonds is 6. The van der Waals surface area contributed by atoms with E-state index in [1.54, 1.807) is 18.2 Å². The van der Waals surface area contributed by atoms with Crippen molar-refractivity contribution in [1.29, 1.82) is 0 Å². The van der Waals surface area contributed by atoms with Gasteiger partial charge in [0.2, 0.25) is 5.91 Å². The van der Waals surface area contributed by atoms with Crippen molar-refractivity contribution in [3.8, 4) is 0 Å². The van der Waals surface area contributed by atoms with E-state index < -0.39 is 15.9 Å². The summed E-state index contributed by atoms with van der Waals surface area (Å²) in [7, 11) is -3.20. The molecule has 1 fully saturated rings. The number of thiocarbonyl (C=S) groups is 1. The summed E-state index contributed by atoms with van der Waals surface area (Å²) in [6.45, 7) is 0.326. The second-order valence-corrected chi connectivity index (χ2v) is 9.39. The molecule has 1 aromatic rings. The summed E-state index contributed by atoms with van der Waals surface area (Å²) in [6.07, 6.45) is 5.23. The summed E-state index contributed by atoms with van der Waals surface area (Å²) >= 11 is 6.43. The Bertz CT molecular complexity index is 887. The lowest BCUT2D eigenvalue weighted by molar-refractivity contribution is -0.124. The minimum Gasteiger partial charge on any atom is -0.465 e. The van der Waals surface area contributed by atoms with E-state index in [1.807, 2.05) is 0 Å². The van der Waals surface area contributed by atoms with E-state index in [4.69, 9.17) is 16.6 Å². The average molecular weight is 413 g/mol. The highest BCUT2D eigenvalue weighted by Crippen LogP contribution is 2.32. The first-order chi connectivity index (χ1) is 12.3. The summed E-state index contributed by atoms with van der Waals surface area (Å²) < 4.78 is 28.3. The van der Waals surface area contributed by atoms with E-state index in [2.05, 4.69) is 5.32 Å². The number of furan rings is 1. The van der Waals surface area contributed by atoms with Gasteiger partial charge in [-0.15, -0.1) is 0 Å². The van der Waals surface area contributed by atoms with E-state index >= 15 is 0 Å². The van der Waals surface area contributed by atoms with Gasteiger partial charge in [-0.05, 0) is 24.6 Å². The van der Waals surface area contributed by atoms with E-state index in [1.165, 1.54) is 29.0 Å². The second-order valence-electron chi connectivity index (χ2n) is 5.78. The minimum absolute atomic E-state index is 0.106. The highest BCUT2D eigenvalue weighted by molar-refractivity contribution is 8.26. The SMILES string of the molecule is O=C(CCCN1C(=O)/C(=C\c2ccco2)SC1=S)N[C@H]1C=CS(=O)(=O)C1. The lowest BCUT2D eigenvalue weighted by Crippen LogP contribution is -2.36. The Labute approximate surface area is 160 Å². The zero-order valence-electron chi connectivity index (χ0n) is 13.6. The van der Waals surface area contributed by atoms with Crippen LogP contribution in [0.1, 0.15) is 18.6 Å². The lowest BCUT2D eigenvalue weighted by atomic mass is 10.2. The Balaban J connectivity index is 1.47. The molecule has 0 aromatic carbocycles. The van der Waals surface area contributed by atoms with Crippen LogP contribution in [0.4, 0.5) is 0 Å². The number of hydrogen-bond acceptors (Lipinski definition) is 7. The standard InChI is InChI=1S/C16H16N2O5S3/c19-14(17-11-5-8-26(21,22)10-11)4-1-6-18-15(20)13(25-16(18)24)9-12-3-2-7-23-12/h2-3,5,7-9,11H,1,4,6,10H2,(H,17,19)/b13-9+/t11-/m0/s1. The van der Waals surface area contributed by atoms with Crippen LogP contribution in [0.2, 0.25) is 0 Å².